The van der Waals surface area contributed by atoms with E-state index in [2.05, 4.69) is 20.8 Å². The fraction of sp³-hybridized carbons (Fsp3) is 0.222. The van der Waals surface area contributed by atoms with Crippen LogP contribution in [0.4, 0.5) is 0 Å². The van der Waals surface area contributed by atoms with Crippen molar-refractivity contribution in [1.29, 1.82) is 0 Å². The van der Waals surface area contributed by atoms with E-state index >= 15 is 0 Å². The van der Waals surface area contributed by atoms with E-state index in [-0.39, 0.29) is 11.9 Å². The molecule has 1 amide bonds. The van der Waals surface area contributed by atoms with E-state index in [0.717, 1.165) is 5.56 Å². The van der Waals surface area contributed by atoms with Gasteiger partial charge in [0.1, 0.15) is 17.8 Å². The van der Waals surface area contributed by atoms with Crippen LogP contribution in [0.5, 0.6) is 11.5 Å². The van der Waals surface area contributed by atoms with Crippen molar-refractivity contribution in [2.45, 2.75) is 13.0 Å². The number of tetrazole rings is 1. The van der Waals surface area contributed by atoms with Gasteiger partial charge in [0.2, 0.25) is 0 Å². The van der Waals surface area contributed by atoms with Crippen molar-refractivity contribution in [2.24, 2.45) is 0 Å². The standard InChI is InChI=1S/C18H19N5O3/c1-12(16-10-15(25-2)7-8-17(16)26-3)20-18(24)13-5-4-6-14(9-13)23-11-19-21-22-23/h4-12H,1-3H3,(H,20,24). The Morgan fingerprint density at radius 3 is 2.69 bits per heavy atom. The second kappa shape index (κ2) is 7.64. The summed E-state index contributed by atoms with van der Waals surface area (Å²) in [7, 11) is 3.19. The van der Waals surface area contributed by atoms with E-state index in [0.29, 0.717) is 22.7 Å². The summed E-state index contributed by atoms with van der Waals surface area (Å²) in [6.45, 7) is 1.89. The molecule has 0 radical (unpaired) electrons. The Labute approximate surface area is 150 Å². The quantitative estimate of drug-likeness (QED) is 0.730. The lowest BCUT2D eigenvalue weighted by Gasteiger charge is -2.18. The minimum atomic E-state index is -0.274. The third-order valence-electron chi connectivity index (χ3n) is 3.97. The van der Waals surface area contributed by atoms with Crippen LogP contribution < -0.4 is 14.8 Å². The van der Waals surface area contributed by atoms with Crippen LogP contribution in [0.1, 0.15) is 28.9 Å². The molecule has 0 fully saturated rings. The number of carbonyl (C=O) groups excluding carboxylic acids is 1. The number of rotatable bonds is 6. The second-order valence-corrected chi connectivity index (χ2v) is 5.61. The van der Waals surface area contributed by atoms with Gasteiger partial charge in [-0.05, 0) is 53.7 Å². The number of benzene rings is 2. The molecule has 1 N–H and O–H groups in total. The van der Waals surface area contributed by atoms with Crippen LogP contribution in [0.3, 0.4) is 0 Å². The van der Waals surface area contributed by atoms with Crippen LogP contribution in [0.15, 0.2) is 48.8 Å². The molecule has 8 heteroatoms. The highest BCUT2D eigenvalue weighted by Gasteiger charge is 2.16. The first kappa shape index (κ1) is 17.4. The maximum absolute atomic E-state index is 12.7. The summed E-state index contributed by atoms with van der Waals surface area (Å²) in [5.41, 5.74) is 2.04. The molecule has 1 unspecified atom stereocenters. The number of hydrogen-bond acceptors (Lipinski definition) is 6. The van der Waals surface area contributed by atoms with Crippen molar-refractivity contribution < 1.29 is 14.3 Å². The third-order valence-corrected chi connectivity index (χ3v) is 3.97. The van der Waals surface area contributed by atoms with Gasteiger partial charge in [0.15, 0.2) is 0 Å². The van der Waals surface area contributed by atoms with Crippen molar-refractivity contribution in [3.63, 3.8) is 0 Å². The average Bonchev–Trinajstić information content (AvgIpc) is 3.22. The zero-order valence-electron chi connectivity index (χ0n) is 14.7. The van der Waals surface area contributed by atoms with Gasteiger partial charge in [-0.1, -0.05) is 6.07 Å². The van der Waals surface area contributed by atoms with Gasteiger partial charge >= 0.3 is 0 Å². The van der Waals surface area contributed by atoms with Gasteiger partial charge in [0.25, 0.3) is 5.91 Å². The number of carbonyl (C=O) groups is 1. The second-order valence-electron chi connectivity index (χ2n) is 5.61. The summed E-state index contributed by atoms with van der Waals surface area (Å²) in [4.78, 5) is 12.7. The lowest BCUT2D eigenvalue weighted by Crippen LogP contribution is -2.27. The lowest BCUT2D eigenvalue weighted by molar-refractivity contribution is 0.0939. The van der Waals surface area contributed by atoms with Gasteiger partial charge < -0.3 is 14.8 Å². The fourth-order valence-corrected chi connectivity index (χ4v) is 2.60. The van der Waals surface area contributed by atoms with Crippen molar-refractivity contribution in [3.8, 4) is 17.2 Å². The highest BCUT2D eigenvalue weighted by Crippen LogP contribution is 2.29. The van der Waals surface area contributed by atoms with E-state index in [4.69, 9.17) is 9.47 Å². The first-order valence-electron chi connectivity index (χ1n) is 7.98. The van der Waals surface area contributed by atoms with Crippen LogP contribution >= 0.6 is 0 Å². The van der Waals surface area contributed by atoms with E-state index in [1.807, 2.05) is 31.2 Å². The first-order valence-corrected chi connectivity index (χ1v) is 7.98. The van der Waals surface area contributed by atoms with Gasteiger partial charge in [-0.2, -0.15) is 0 Å². The molecule has 0 aliphatic rings. The van der Waals surface area contributed by atoms with Gasteiger partial charge in [0, 0.05) is 11.1 Å². The van der Waals surface area contributed by atoms with Crippen LogP contribution in [0.2, 0.25) is 0 Å². The molecule has 8 nitrogen and oxygen atoms in total. The molecule has 1 aromatic heterocycles. The highest BCUT2D eigenvalue weighted by molar-refractivity contribution is 5.95. The minimum Gasteiger partial charge on any atom is -0.497 e. The predicted octanol–water partition coefficient (Wildman–Crippen LogP) is 2.17. The predicted molar refractivity (Wildman–Crippen MR) is 94.6 cm³/mol. The normalized spacial score (nSPS) is 11.7. The van der Waals surface area contributed by atoms with E-state index in [1.54, 1.807) is 32.4 Å². The molecule has 3 rings (SSSR count). The molecule has 3 aromatic rings. The maximum Gasteiger partial charge on any atom is 0.251 e. The molecule has 0 saturated carbocycles. The first-order chi connectivity index (χ1) is 12.6. The van der Waals surface area contributed by atoms with Gasteiger partial charge in [-0.25, -0.2) is 4.68 Å². The Morgan fingerprint density at radius 1 is 1.15 bits per heavy atom. The number of ether oxygens (including phenoxy) is 2. The average molecular weight is 353 g/mol. The molecule has 0 spiro atoms. The highest BCUT2D eigenvalue weighted by atomic mass is 16.5. The monoisotopic (exact) mass is 353 g/mol. The fourth-order valence-electron chi connectivity index (χ4n) is 2.60. The SMILES string of the molecule is COc1ccc(OC)c(C(C)NC(=O)c2cccc(-n3cnnn3)c2)c1. The maximum atomic E-state index is 12.7. The molecular formula is C18H19N5O3. The Hall–Kier alpha value is -3.42. The molecule has 0 bridgehead atoms. The van der Waals surface area contributed by atoms with Crippen molar-refractivity contribution in [2.75, 3.05) is 14.2 Å². The van der Waals surface area contributed by atoms with E-state index in [1.165, 1.54) is 11.0 Å². The molecule has 1 atom stereocenters. The largest absolute Gasteiger partial charge is 0.497 e. The zero-order valence-corrected chi connectivity index (χ0v) is 14.7. The van der Waals surface area contributed by atoms with Gasteiger partial charge in [-0.3, -0.25) is 4.79 Å². The minimum absolute atomic E-state index is 0.211. The Bertz CT molecular complexity index is 896. The number of methoxy groups -OCH3 is 2. The van der Waals surface area contributed by atoms with Crippen LogP contribution in [-0.4, -0.2) is 40.3 Å². The van der Waals surface area contributed by atoms with Crippen LogP contribution in [0, 0.1) is 0 Å². The number of nitrogens with one attached hydrogen (secondary N) is 1. The smallest absolute Gasteiger partial charge is 0.251 e. The molecule has 1 heterocycles. The Balaban J connectivity index is 1.81. The van der Waals surface area contributed by atoms with Crippen molar-refractivity contribution in [1.82, 2.24) is 25.5 Å². The molecule has 134 valence electrons. The van der Waals surface area contributed by atoms with Crippen LogP contribution in [0.25, 0.3) is 5.69 Å². The number of hydrogen-bond donors (Lipinski definition) is 1. The lowest BCUT2D eigenvalue weighted by atomic mass is 10.1. The number of aromatic nitrogens is 4. The summed E-state index contributed by atoms with van der Waals surface area (Å²) in [5, 5.41) is 14.0. The van der Waals surface area contributed by atoms with Gasteiger partial charge in [0.05, 0.1) is 25.9 Å². The summed E-state index contributed by atoms with van der Waals surface area (Å²) in [6, 6.07) is 12.3. The molecule has 2 aromatic carbocycles. The number of amides is 1. The molecule has 0 aliphatic carbocycles. The van der Waals surface area contributed by atoms with Gasteiger partial charge in [-0.15, -0.1) is 5.10 Å². The summed E-state index contributed by atoms with van der Waals surface area (Å²) < 4.78 is 12.1. The van der Waals surface area contributed by atoms with E-state index in [9.17, 15) is 4.79 Å². The Morgan fingerprint density at radius 2 is 2.00 bits per heavy atom. The molecule has 0 aliphatic heterocycles. The topological polar surface area (TPSA) is 91.2 Å². The molecule has 26 heavy (non-hydrogen) atoms. The molecule has 0 saturated heterocycles. The third kappa shape index (κ3) is 3.64. The van der Waals surface area contributed by atoms with Crippen molar-refractivity contribution in [3.05, 3.63) is 59.9 Å². The molecular weight excluding hydrogens is 334 g/mol. The van der Waals surface area contributed by atoms with Crippen LogP contribution in [-0.2, 0) is 0 Å². The number of nitrogens with zero attached hydrogens (tertiary/aromatic N) is 4. The summed E-state index contributed by atoms with van der Waals surface area (Å²) in [5.74, 6) is 1.17. The zero-order chi connectivity index (χ0) is 18.5. The Kier molecular flexibility index (Phi) is 5.12. The van der Waals surface area contributed by atoms with Crippen molar-refractivity contribution >= 4 is 5.91 Å². The summed E-state index contributed by atoms with van der Waals surface area (Å²) in [6.07, 6.45) is 1.47. The summed E-state index contributed by atoms with van der Waals surface area (Å²) >= 11 is 0. The van der Waals surface area contributed by atoms with E-state index < -0.39 is 0 Å².